The fourth-order valence-corrected chi connectivity index (χ4v) is 5.42. The van der Waals surface area contributed by atoms with Gasteiger partial charge in [0.25, 0.3) is 10.0 Å². The number of halogens is 1. The third kappa shape index (κ3) is 3.64. The Morgan fingerprint density at radius 3 is 2.57 bits per heavy atom. The minimum Gasteiger partial charge on any atom is -0.465 e. The lowest BCUT2D eigenvalue weighted by Crippen LogP contribution is -2.34. The van der Waals surface area contributed by atoms with Gasteiger partial charge in [-0.1, -0.05) is 28.1 Å². The Bertz CT molecular complexity index is 1070. The van der Waals surface area contributed by atoms with Crippen LogP contribution in [0.1, 0.15) is 29.8 Å². The molecule has 28 heavy (non-hydrogen) atoms. The highest BCUT2D eigenvalue weighted by Gasteiger charge is 2.35. The highest BCUT2D eigenvalue weighted by Crippen LogP contribution is 2.40. The van der Waals surface area contributed by atoms with Gasteiger partial charge >= 0.3 is 5.97 Å². The molecule has 148 valence electrons. The van der Waals surface area contributed by atoms with E-state index in [4.69, 9.17) is 4.74 Å². The van der Waals surface area contributed by atoms with Crippen LogP contribution in [0.4, 0.5) is 11.4 Å². The Kier molecular flexibility index (Phi) is 5.49. The van der Waals surface area contributed by atoms with Gasteiger partial charge in [0.2, 0.25) is 5.91 Å². The van der Waals surface area contributed by atoms with E-state index in [0.29, 0.717) is 16.6 Å². The predicted molar refractivity (Wildman–Crippen MR) is 109 cm³/mol. The Hall–Kier alpha value is -2.39. The van der Waals surface area contributed by atoms with Crippen molar-refractivity contribution in [2.45, 2.75) is 31.2 Å². The lowest BCUT2D eigenvalue weighted by molar-refractivity contribution is -0.116. The number of anilines is 2. The van der Waals surface area contributed by atoms with Crippen molar-refractivity contribution in [3.63, 3.8) is 0 Å². The van der Waals surface area contributed by atoms with Crippen molar-refractivity contribution in [3.8, 4) is 0 Å². The van der Waals surface area contributed by atoms with E-state index < -0.39 is 16.0 Å². The molecule has 1 amide bonds. The van der Waals surface area contributed by atoms with Crippen molar-refractivity contribution >= 4 is 49.2 Å². The van der Waals surface area contributed by atoms with Crippen molar-refractivity contribution < 1.29 is 22.7 Å². The van der Waals surface area contributed by atoms with Gasteiger partial charge in [-0.25, -0.2) is 13.2 Å². The largest absolute Gasteiger partial charge is 0.465 e. The Morgan fingerprint density at radius 2 is 1.93 bits per heavy atom. The summed E-state index contributed by atoms with van der Waals surface area (Å²) < 4.78 is 34.2. The Morgan fingerprint density at radius 1 is 1.25 bits per heavy atom. The average molecular weight is 467 g/mol. The van der Waals surface area contributed by atoms with E-state index in [0.717, 1.165) is 5.56 Å². The number of carbonyl (C=O) groups is 2. The van der Waals surface area contributed by atoms with E-state index in [1.54, 1.807) is 12.1 Å². The lowest BCUT2D eigenvalue weighted by Gasteiger charge is -2.23. The fourth-order valence-electron chi connectivity index (χ4n) is 3.42. The second-order valence-electron chi connectivity index (χ2n) is 6.50. The first kappa shape index (κ1) is 20.3. The topological polar surface area (TPSA) is 92.8 Å². The van der Waals surface area contributed by atoms with E-state index in [1.807, 2.05) is 13.0 Å². The summed E-state index contributed by atoms with van der Waals surface area (Å²) >= 11 is 3.35. The standard InChI is InChI=1S/C19H19BrN2O5S/c1-11-8-13-9-14(20)10-17(18(13)22(11)12(2)23)28(25,26)21-16-7-5-4-6-15(16)19(24)27-3/h4-7,9-11,21H,8H2,1-3H3. The zero-order valence-electron chi connectivity index (χ0n) is 15.5. The third-order valence-corrected chi connectivity index (χ3v) is 6.36. The molecule has 0 radical (unpaired) electrons. The van der Waals surface area contributed by atoms with Crippen molar-refractivity contribution in [1.82, 2.24) is 0 Å². The quantitative estimate of drug-likeness (QED) is 0.697. The molecule has 0 saturated heterocycles. The van der Waals surface area contributed by atoms with Crippen LogP contribution in [0, 0.1) is 0 Å². The zero-order valence-corrected chi connectivity index (χ0v) is 17.9. The molecular weight excluding hydrogens is 448 g/mol. The molecule has 2 aromatic rings. The second kappa shape index (κ2) is 7.56. The first-order valence-corrected chi connectivity index (χ1v) is 10.8. The number of benzene rings is 2. The van der Waals surface area contributed by atoms with Gasteiger partial charge in [0, 0.05) is 17.4 Å². The molecule has 0 aliphatic carbocycles. The van der Waals surface area contributed by atoms with Gasteiger partial charge in [-0.3, -0.25) is 9.52 Å². The number of amides is 1. The number of methoxy groups -OCH3 is 1. The van der Waals surface area contributed by atoms with Crippen LogP contribution in [0.2, 0.25) is 0 Å². The molecular formula is C19H19BrN2O5S. The molecule has 7 nitrogen and oxygen atoms in total. The molecule has 1 unspecified atom stereocenters. The number of carbonyl (C=O) groups excluding carboxylic acids is 2. The number of rotatable bonds is 4. The molecule has 1 aliphatic heterocycles. The van der Waals surface area contributed by atoms with E-state index in [2.05, 4.69) is 20.7 Å². The van der Waals surface area contributed by atoms with Crippen LogP contribution in [-0.2, 0) is 26.0 Å². The molecule has 3 rings (SSSR count). The summed E-state index contributed by atoms with van der Waals surface area (Å²) in [4.78, 5) is 25.6. The number of nitrogens with one attached hydrogen (secondary N) is 1. The first-order valence-electron chi connectivity index (χ1n) is 8.48. The van der Waals surface area contributed by atoms with E-state index in [9.17, 15) is 18.0 Å². The number of para-hydroxylation sites is 1. The minimum absolute atomic E-state index is 0.0314. The maximum atomic E-state index is 13.2. The lowest BCUT2D eigenvalue weighted by atomic mass is 10.1. The molecule has 1 atom stereocenters. The van der Waals surface area contributed by atoms with E-state index in [1.165, 1.54) is 37.1 Å². The van der Waals surface area contributed by atoms with Crippen molar-refractivity contribution in [2.24, 2.45) is 0 Å². The molecule has 0 fully saturated rings. The van der Waals surface area contributed by atoms with Crippen LogP contribution in [-0.4, -0.2) is 33.4 Å². The molecule has 9 heteroatoms. The molecule has 1 heterocycles. The second-order valence-corrected chi connectivity index (χ2v) is 9.06. The fraction of sp³-hybridized carbons (Fsp3) is 0.263. The molecule has 2 aromatic carbocycles. The summed E-state index contributed by atoms with van der Waals surface area (Å²) in [5, 5.41) is 0. The Labute approximate surface area is 171 Å². The first-order chi connectivity index (χ1) is 13.2. The van der Waals surface area contributed by atoms with Crippen LogP contribution in [0.3, 0.4) is 0 Å². The van der Waals surface area contributed by atoms with Gasteiger partial charge < -0.3 is 9.64 Å². The zero-order chi connectivity index (χ0) is 20.6. The number of esters is 1. The summed E-state index contributed by atoms with van der Waals surface area (Å²) in [6.45, 7) is 3.27. The maximum absolute atomic E-state index is 13.2. The van der Waals surface area contributed by atoms with Crippen LogP contribution >= 0.6 is 15.9 Å². The number of nitrogens with zero attached hydrogens (tertiary/aromatic N) is 1. The van der Waals surface area contributed by atoms with Gasteiger partial charge in [-0.05, 0) is 43.2 Å². The van der Waals surface area contributed by atoms with Gasteiger partial charge in [0.1, 0.15) is 4.90 Å². The smallest absolute Gasteiger partial charge is 0.339 e. The summed E-state index contributed by atoms with van der Waals surface area (Å²) in [6, 6.07) is 9.29. The molecule has 1 aliphatic rings. The number of fused-ring (bicyclic) bond motifs is 1. The van der Waals surface area contributed by atoms with E-state index in [-0.39, 0.29) is 28.1 Å². The normalized spacial score (nSPS) is 15.9. The van der Waals surface area contributed by atoms with Gasteiger partial charge in [-0.15, -0.1) is 0 Å². The minimum atomic E-state index is -4.10. The SMILES string of the molecule is COC(=O)c1ccccc1NS(=O)(=O)c1cc(Br)cc2c1N(C(C)=O)C(C)C2. The van der Waals surface area contributed by atoms with Gasteiger partial charge in [-0.2, -0.15) is 0 Å². The highest BCUT2D eigenvalue weighted by molar-refractivity contribution is 9.10. The summed E-state index contributed by atoms with van der Waals surface area (Å²) in [6.07, 6.45) is 0.551. The van der Waals surface area contributed by atoms with Crippen molar-refractivity contribution in [3.05, 3.63) is 52.0 Å². The van der Waals surface area contributed by atoms with Crippen LogP contribution in [0.15, 0.2) is 45.8 Å². The molecule has 0 spiro atoms. The number of hydrogen-bond donors (Lipinski definition) is 1. The average Bonchev–Trinajstić information content (AvgIpc) is 2.95. The molecule has 0 bridgehead atoms. The van der Waals surface area contributed by atoms with Gasteiger partial charge in [0.05, 0.1) is 24.0 Å². The van der Waals surface area contributed by atoms with Crippen LogP contribution < -0.4 is 9.62 Å². The molecule has 0 saturated carbocycles. The van der Waals surface area contributed by atoms with Gasteiger partial charge in [0.15, 0.2) is 0 Å². The highest BCUT2D eigenvalue weighted by atomic mass is 79.9. The van der Waals surface area contributed by atoms with Crippen LogP contribution in [0.5, 0.6) is 0 Å². The number of sulfonamides is 1. The third-order valence-electron chi connectivity index (χ3n) is 4.52. The van der Waals surface area contributed by atoms with Crippen molar-refractivity contribution in [1.29, 1.82) is 0 Å². The van der Waals surface area contributed by atoms with Crippen LogP contribution in [0.25, 0.3) is 0 Å². The van der Waals surface area contributed by atoms with Crippen molar-refractivity contribution in [2.75, 3.05) is 16.7 Å². The maximum Gasteiger partial charge on any atom is 0.339 e. The number of hydrogen-bond acceptors (Lipinski definition) is 5. The number of ether oxygens (including phenoxy) is 1. The summed E-state index contributed by atoms with van der Waals surface area (Å²) in [5.74, 6) is -0.892. The monoisotopic (exact) mass is 466 g/mol. The predicted octanol–water partition coefficient (Wildman–Crippen LogP) is 3.33. The van der Waals surface area contributed by atoms with E-state index >= 15 is 0 Å². The summed E-state index contributed by atoms with van der Waals surface area (Å²) in [5.41, 5.74) is 1.32. The Balaban J connectivity index is 2.13. The molecule has 0 aromatic heterocycles. The molecule has 1 N–H and O–H groups in total. The summed E-state index contributed by atoms with van der Waals surface area (Å²) in [7, 11) is -2.87.